The number of hydrogen-bond acceptors (Lipinski definition) is 5. The summed E-state index contributed by atoms with van der Waals surface area (Å²) in [6.07, 6.45) is 0. The molecular weight excluding hydrogens is 400 g/mol. The van der Waals surface area contributed by atoms with E-state index < -0.39 is 11.4 Å². The first-order chi connectivity index (χ1) is 8.81. The highest BCUT2D eigenvalue weighted by Crippen LogP contribution is 2.37. The third-order valence-corrected chi connectivity index (χ3v) is 5.77. The van der Waals surface area contributed by atoms with Crippen molar-refractivity contribution in [3.8, 4) is 10.7 Å². The van der Waals surface area contributed by atoms with Crippen LogP contribution in [0, 0.1) is 5.41 Å². The SMILES string of the molecule is CC(C)(Cn1nnnc1-c1cc(Br)c(Br)s1)C(=O)O. The van der Waals surface area contributed by atoms with Crippen molar-refractivity contribution in [1.82, 2.24) is 20.2 Å². The molecule has 1 N–H and O–H groups in total. The summed E-state index contributed by atoms with van der Waals surface area (Å²) in [4.78, 5) is 12.0. The number of thiophene rings is 1. The van der Waals surface area contributed by atoms with Gasteiger partial charge in [0, 0.05) is 4.47 Å². The number of tetrazole rings is 1. The highest BCUT2D eigenvalue weighted by atomic mass is 79.9. The van der Waals surface area contributed by atoms with Crippen LogP contribution in [-0.4, -0.2) is 31.3 Å². The molecular formula is C10H10Br2N4O2S. The van der Waals surface area contributed by atoms with Crippen molar-refractivity contribution in [1.29, 1.82) is 0 Å². The van der Waals surface area contributed by atoms with Gasteiger partial charge >= 0.3 is 5.97 Å². The zero-order chi connectivity index (χ0) is 14.2. The first-order valence-corrected chi connectivity index (χ1v) is 7.66. The fourth-order valence-corrected chi connectivity index (χ4v) is 3.41. The van der Waals surface area contributed by atoms with Crippen LogP contribution in [0.15, 0.2) is 14.3 Å². The lowest BCUT2D eigenvalue weighted by Gasteiger charge is -2.18. The minimum atomic E-state index is -0.935. The maximum Gasteiger partial charge on any atom is 0.310 e. The normalized spacial score (nSPS) is 11.8. The Morgan fingerprint density at radius 1 is 1.53 bits per heavy atom. The molecule has 0 aliphatic heterocycles. The maximum atomic E-state index is 11.2. The summed E-state index contributed by atoms with van der Waals surface area (Å²) in [6.45, 7) is 3.49. The second-order valence-electron chi connectivity index (χ2n) is 4.58. The molecule has 0 saturated carbocycles. The van der Waals surface area contributed by atoms with Gasteiger partial charge in [-0.2, -0.15) is 0 Å². The molecule has 0 fully saturated rings. The largest absolute Gasteiger partial charge is 0.481 e. The van der Waals surface area contributed by atoms with Crippen molar-refractivity contribution in [2.45, 2.75) is 20.4 Å². The minimum Gasteiger partial charge on any atom is -0.481 e. The van der Waals surface area contributed by atoms with E-state index in [1.54, 1.807) is 13.8 Å². The van der Waals surface area contributed by atoms with Gasteiger partial charge < -0.3 is 5.11 Å². The third kappa shape index (κ3) is 3.03. The van der Waals surface area contributed by atoms with Gasteiger partial charge in [0.05, 0.1) is 20.6 Å². The molecule has 0 saturated heterocycles. The number of carbonyl (C=O) groups is 1. The maximum absolute atomic E-state index is 11.2. The van der Waals surface area contributed by atoms with E-state index in [1.165, 1.54) is 16.0 Å². The molecule has 0 bridgehead atoms. The van der Waals surface area contributed by atoms with Crippen molar-refractivity contribution >= 4 is 49.2 Å². The first-order valence-electron chi connectivity index (χ1n) is 5.26. The summed E-state index contributed by atoms with van der Waals surface area (Å²) in [6, 6.07) is 1.89. The standard InChI is InChI=1S/C10H10Br2N4O2S/c1-10(2,9(17)18)4-16-8(13-14-15-16)6-3-5(11)7(12)19-6/h3H,4H2,1-2H3,(H,17,18). The van der Waals surface area contributed by atoms with Gasteiger partial charge in [-0.15, -0.1) is 16.4 Å². The molecule has 9 heteroatoms. The lowest BCUT2D eigenvalue weighted by atomic mass is 9.94. The van der Waals surface area contributed by atoms with Crippen molar-refractivity contribution in [2.24, 2.45) is 5.41 Å². The Kier molecular flexibility index (Phi) is 4.07. The van der Waals surface area contributed by atoms with Crippen molar-refractivity contribution in [3.05, 3.63) is 14.3 Å². The highest BCUT2D eigenvalue weighted by molar-refractivity contribution is 9.13. The average Bonchev–Trinajstić information content (AvgIpc) is 2.86. The monoisotopic (exact) mass is 408 g/mol. The molecule has 2 aromatic heterocycles. The Balaban J connectivity index is 2.35. The molecule has 0 aliphatic rings. The number of rotatable bonds is 4. The van der Waals surface area contributed by atoms with Gasteiger partial charge in [-0.25, -0.2) is 4.68 Å². The summed E-state index contributed by atoms with van der Waals surface area (Å²) in [5.74, 6) is -0.326. The highest BCUT2D eigenvalue weighted by Gasteiger charge is 2.30. The fourth-order valence-electron chi connectivity index (χ4n) is 1.39. The quantitative estimate of drug-likeness (QED) is 0.839. The van der Waals surface area contributed by atoms with E-state index in [4.69, 9.17) is 5.11 Å². The van der Waals surface area contributed by atoms with E-state index in [2.05, 4.69) is 47.4 Å². The van der Waals surface area contributed by atoms with Crippen LogP contribution < -0.4 is 0 Å². The fraction of sp³-hybridized carbons (Fsp3) is 0.400. The molecule has 6 nitrogen and oxygen atoms in total. The zero-order valence-corrected chi connectivity index (χ0v) is 14.1. The Morgan fingerprint density at radius 3 is 2.74 bits per heavy atom. The Bertz CT molecular complexity index is 603. The van der Waals surface area contributed by atoms with E-state index in [1.807, 2.05) is 6.07 Å². The topological polar surface area (TPSA) is 80.9 Å². The van der Waals surface area contributed by atoms with E-state index in [9.17, 15) is 4.79 Å². The van der Waals surface area contributed by atoms with Gasteiger partial charge in [-0.1, -0.05) is 0 Å². The zero-order valence-electron chi connectivity index (χ0n) is 10.1. The Hall–Kier alpha value is -0.800. The molecule has 0 spiro atoms. The Morgan fingerprint density at radius 2 is 2.21 bits per heavy atom. The number of carboxylic acids is 1. The van der Waals surface area contributed by atoms with E-state index >= 15 is 0 Å². The minimum absolute atomic E-state index is 0.206. The Labute approximate surface area is 130 Å². The van der Waals surface area contributed by atoms with Crippen LogP contribution >= 0.6 is 43.2 Å². The summed E-state index contributed by atoms with van der Waals surface area (Å²) in [5.41, 5.74) is -0.935. The number of aliphatic carboxylic acids is 1. The molecule has 0 amide bonds. The summed E-state index contributed by atoms with van der Waals surface area (Å²) >= 11 is 8.29. The molecule has 0 unspecified atom stereocenters. The van der Waals surface area contributed by atoms with E-state index in [0.717, 1.165) is 13.1 Å². The molecule has 2 heterocycles. The van der Waals surface area contributed by atoms with Gasteiger partial charge in [0.2, 0.25) is 0 Å². The average molecular weight is 410 g/mol. The van der Waals surface area contributed by atoms with Crippen LogP contribution in [0.4, 0.5) is 0 Å². The number of aromatic nitrogens is 4. The van der Waals surface area contributed by atoms with Gasteiger partial charge in [-0.05, 0) is 62.2 Å². The van der Waals surface area contributed by atoms with Crippen molar-refractivity contribution in [2.75, 3.05) is 0 Å². The van der Waals surface area contributed by atoms with Gasteiger partial charge in [0.15, 0.2) is 5.82 Å². The van der Waals surface area contributed by atoms with Crippen LogP contribution in [0.2, 0.25) is 0 Å². The molecule has 19 heavy (non-hydrogen) atoms. The lowest BCUT2D eigenvalue weighted by molar-refractivity contribution is -0.147. The molecule has 0 aromatic carbocycles. The van der Waals surface area contributed by atoms with Crippen LogP contribution in [0.5, 0.6) is 0 Å². The smallest absolute Gasteiger partial charge is 0.310 e. The third-order valence-electron chi connectivity index (χ3n) is 2.52. The van der Waals surface area contributed by atoms with Crippen LogP contribution in [-0.2, 0) is 11.3 Å². The van der Waals surface area contributed by atoms with E-state index in [0.29, 0.717) is 5.82 Å². The second-order valence-corrected chi connectivity index (χ2v) is 7.81. The molecule has 0 atom stereocenters. The number of hydrogen-bond donors (Lipinski definition) is 1. The molecule has 0 aliphatic carbocycles. The van der Waals surface area contributed by atoms with Gasteiger partial charge in [0.1, 0.15) is 0 Å². The predicted octanol–water partition coefficient (Wildman–Crippen LogP) is 3.04. The first kappa shape index (κ1) is 14.6. The van der Waals surface area contributed by atoms with Crippen molar-refractivity contribution < 1.29 is 9.90 Å². The van der Waals surface area contributed by atoms with Gasteiger partial charge in [-0.3, -0.25) is 4.79 Å². The van der Waals surface area contributed by atoms with E-state index in [-0.39, 0.29) is 6.54 Å². The summed E-state index contributed by atoms with van der Waals surface area (Å²) in [5, 5.41) is 20.6. The molecule has 2 rings (SSSR count). The summed E-state index contributed by atoms with van der Waals surface area (Å²) < 4.78 is 3.37. The van der Waals surface area contributed by atoms with Crippen LogP contribution in [0.1, 0.15) is 13.8 Å². The second kappa shape index (κ2) is 5.29. The molecule has 0 radical (unpaired) electrons. The summed E-state index contributed by atoms with van der Waals surface area (Å²) in [7, 11) is 0. The van der Waals surface area contributed by atoms with Crippen LogP contribution in [0.25, 0.3) is 10.7 Å². The number of halogens is 2. The van der Waals surface area contributed by atoms with Crippen molar-refractivity contribution in [3.63, 3.8) is 0 Å². The van der Waals surface area contributed by atoms with Crippen LogP contribution in [0.3, 0.4) is 0 Å². The van der Waals surface area contributed by atoms with Gasteiger partial charge in [0.25, 0.3) is 0 Å². The molecule has 102 valence electrons. The number of carboxylic acid groups (broad SMARTS) is 1. The number of nitrogens with zero attached hydrogens (tertiary/aromatic N) is 4. The predicted molar refractivity (Wildman–Crippen MR) is 77.9 cm³/mol. The lowest BCUT2D eigenvalue weighted by Crippen LogP contribution is -2.30. The molecule has 2 aromatic rings.